The first kappa shape index (κ1) is 21.1. The number of nitrogens with one attached hydrogen (secondary N) is 2. The van der Waals surface area contributed by atoms with Crippen LogP contribution in [0, 0.1) is 0 Å². The number of phenolic OH excluding ortho intramolecular Hbond substituents is 1. The Morgan fingerprint density at radius 1 is 1.07 bits per heavy atom. The molecule has 1 aliphatic rings. The third-order valence-electron chi connectivity index (χ3n) is 4.61. The lowest BCUT2D eigenvalue weighted by Crippen LogP contribution is -2.55. The van der Waals surface area contributed by atoms with Crippen molar-refractivity contribution in [3.05, 3.63) is 59.1 Å². The zero-order chi connectivity index (χ0) is 21.0. The van der Waals surface area contributed by atoms with Gasteiger partial charge in [-0.05, 0) is 43.2 Å². The van der Waals surface area contributed by atoms with Crippen LogP contribution in [0.4, 0.5) is 0 Å². The molecule has 1 saturated heterocycles. The molecule has 3 rings (SSSR count). The van der Waals surface area contributed by atoms with E-state index in [0.717, 1.165) is 4.31 Å². The smallest absolute Gasteiger partial charge is 0.273 e. The van der Waals surface area contributed by atoms with Crippen LogP contribution in [0.1, 0.15) is 29.6 Å². The van der Waals surface area contributed by atoms with Gasteiger partial charge in [0.05, 0.1) is 10.5 Å². The summed E-state index contributed by atoms with van der Waals surface area (Å²) >= 11 is 5.82. The molecule has 3 N–H and O–H groups in total. The fourth-order valence-electron chi connectivity index (χ4n) is 3.14. The van der Waals surface area contributed by atoms with Crippen LogP contribution in [0.5, 0.6) is 5.75 Å². The van der Waals surface area contributed by atoms with Crippen molar-refractivity contribution < 1.29 is 23.1 Å². The van der Waals surface area contributed by atoms with Gasteiger partial charge in [-0.1, -0.05) is 36.2 Å². The number of hydrazine groups is 1. The van der Waals surface area contributed by atoms with E-state index in [4.69, 9.17) is 11.6 Å². The van der Waals surface area contributed by atoms with Crippen LogP contribution >= 0.6 is 11.6 Å². The number of carbonyl (C=O) groups is 2. The number of phenols is 1. The number of amides is 2. The normalized spacial score (nSPS) is 17.5. The molecule has 8 nitrogen and oxygen atoms in total. The molecular formula is C19H20ClN3O5S. The molecule has 1 aliphatic heterocycles. The number of benzene rings is 2. The predicted molar refractivity (Wildman–Crippen MR) is 107 cm³/mol. The summed E-state index contributed by atoms with van der Waals surface area (Å²) in [6.45, 7) is 0.207. The summed E-state index contributed by atoms with van der Waals surface area (Å²) in [7, 11) is -3.86. The Labute approximate surface area is 173 Å². The van der Waals surface area contributed by atoms with Gasteiger partial charge in [-0.3, -0.25) is 20.4 Å². The van der Waals surface area contributed by atoms with Crippen molar-refractivity contribution in [2.24, 2.45) is 0 Å². The van der Waals surface area contributed by atoms with E-state index in [2.05, 4.69) is 10.9 Å². The molecule has 2 amide bonds. The van der Waals surface area contributed by atoms with Crippen molar-refractivity contribution in [2.75, 3.05) is 6.54 Å². The first-order chi connectivity index (χ1) is 13.8. The second-order valence-electron chi connectivity index (χ2n) is 6.55. The molecule has 154 valence electrons. The number of sulfonamides is 1. The number of carbonyl (C=O) groups excluding carboxylic acids is 2. The van der Waals surface area contributed by atoms with Gasteiger partial charge < -0.3 is 5.11 Å². The molecule has 2 aromatic carbocycles. The zero-order valence-corrected chi connectivity index (χ0v) is 16.9. The minimum absolute atomic E-state index is 0.104. The topological polar surface area (TPSA) is 116 Å². The lowest BCUT2D eigenvalue weighted by Gasteiger charge is -2.33. The van der Waals surface area contributed by atoms with Gasteiger partial charge in [0.1, 0.15) is 11.8 Å². The van der Waals surface area contributed by atoms with E-state index >= 15 is 0 Å². The molecule has 0 spiro atoms. The molecule has 29 heavy (non-hydrogen) atoms. The number of aromatic hydroxyl groups is 1. The standard InChI is InChI=1S/C19H20ClN3O5S/c20-13-9-10-17(24)15(12-13)18(25)21-22-19(26)16-8-4-5-11-23(16)29(27,28)14-6-2-1-3-7-14/h1-3,6-7,9-10,12,16,24H,4-5,8,11H2,(H,21,25)(H,22,26). The fourth-order valence-corrected chi connectivity index (χ4v) is 4.99. The van der Waals surface area contributed by atoms with Crippen LogP contribution in [-0.2, 0) is 14.8 Å². The van der Waals surface area contributed by atoms with Crippen molar-refractivity contribution in [3.63, 3.8) is 0 Å². The molecule has 0 bridgehead atoms. The first-order valence-corrected chi connectivity index (χ1v) is 10.8. The molecule has 1 unspecified atom stereocenters. The Bertz CT molecular complexity index is 1010. The molecule has 0 aromatic heterocycles. The average Bonchev–Trinajstić information content (AvgIpc) is 2.74. The summed E-state index contributed by atoms with van der Waals surface area (Å²) < 4.78 is 27.1. The monoisotopic (exact) mass is 437 g/mol. The number of hydrogen-bond donors (Lipinski definition) is 3. The molecule has 1 fully saturated rings. The van der Waals surface area contributed by atoms with E-state index in [0.29, 0.717) is 19.3 Å². The van der Waals surface area contributed by atoms with Crippen LogP contribution < -0.4 is 10.9 Å². The van der Waals surface area contributed by atoms with Gasteiger partial charge in [0.25, 0.3) is 11.8 Å². The number of piperidine rings is 1. The van der Waals surface area contributed by atoms with Crippen LogP contribution in [-0.4, -0.2) is 42.2 Å². The Morgan fingerprint density at radius 3 is 2.52 bits per heavy atom. The van der Waals surface area contributed by atoms with E-state index in [-0.39, 0.29) is 27.8 Å². The predicted octanol–water partition coefficient (Wildman–Crippen LogP) is 2.05. The highest BCUT2D eigenvalue weighted by Gasteiger charge is 2.37. The summed E-state index contributed by atoms with van der Waals surface area (Å²) in [6.07, 6.45) is 1.65. The van der Waals surface area contributed by atoms with Crippen molar-refractivity contribution in [3.8, 4) is 5.75 Å². The van der Waals surface area contributed by atoms with Crippen LogP contribution in [0.15, 0.2) is 53.4 Å². The largest absolute Gasteiger partial charge is 0.507 e. The molecule has 0 saturated carbocycles. The zero-order valence-electron chi connectivity index (χ0n) is 15.3. The highest BCUT2D eigenvalue weighted by molar-refractivity contribution is 7.89. The van der Waals surface area contributed by atoms with Gasteiger partial charge in [-0.15, -0.1) is 0 Å². The second kappa shape index (κ2) is 8.81. The highest BCUT2D eigenvalue weighted by atomic mass is 35.5. The molecular weight excluding hydrogens is 418 g/mol. The molecule has 1 heterocycles. The Hall–Kier alpha value is -2.62. The molecule has 0 radical (unpaired) electrons. The van der Waals surface area contributed by atoms with Crippen LogP contribution in [0.2, 0.25) is 5.02 Å². The Balaban J connectivity index is 1.73. The summed E-state index contributed by atoms with van der Waals surface area (Å²) in [5, 5.41) is 10.0. The highest BCUT2D eigenvalue weighted by Crippen LogP contribution is 2.25. The number of halogens is 1. The number of nitrogens with zero attached hydrogens (tertiary/aromatic N) is 1. The van der Waals surface area contributed by atoms with E-state index in [9.17, 15) is 23.1 Å². The molecule has 1 atom stereocenters. The maximum Gasteiger partial charge on any atom is 0.273 e. The SMILES string of the molecule is O=C(NNC(=O)C1CCCCN1S(=O)(=O)c1ccccc1)c1cc(Cl)ccc1O. The summed E-state index contributed by atoms with van der Waals surface area (Å²) in [6, 6.07) is 10.9. The van der Waals surface area contributed by atoms with Crippen LogP contribution in [0.25, 0.3) is 0 Å². The summed E-state index contributed by atoms with van der Waals surface area (Å²) in [5.41, 5.74) is 4.33. The van der Waals surface area contributed by atoms with Crippen molar-refractivity contribution in [2.45, 2.75) is 30.2 Å². The second-order valence-corrected chi connectivity index (χ2v) is 8.87. The van der Waals surface area contributed by atoms with E-state index in [1.807, 2.05) is 0 Å². The van der Waals surface area contributed by atoms with E-state index < -0.39 is 27.9 Å². The summed E-state index contributed by atoms with van der Waals surface area (Å²) in [4.78, 5) is 25.0. The molecule has 0 aliphatic carbocycles. The van der Waals surface area contributed by atoms with Gasteiger partial charge >= 0.3 is 0 Å². The minimum Gasteiger partial charge on any atom is -0.507 e. The lowest BCUT2D eigenvalue weighted by molar-refractivity contribution is -0.126. The maximum absolute atomic E-state index is 13.0. The average molecular weight is 438 g/mol. The van der Waals surface area contributed by atoms with Gasteiger partial charge in [0.15, 0.2) is 0 Å². The van der Waals surface area contributed by atoms with Crippen molar-refractivity contribution in [1.82, 2.24) is 15.2 Å². The Morgan fingerprint density at radius 2 is 1.79 bits per heavy atom. The van der Waals surface area contributed by atoms with Gasteiger partial charge in [-0.2, -0.15) is 4.31 Å². The number of hydrogen-bond acceptors (Lipinski definition) is 5. The van der Waals surface area contributed by atoms with Crippen molar-refractivity contribution in [1.29, 1.82) is 0 Å². The van der Waals surface area contributed by atoms with Gasteiger partial charge in [-0.25, -0.2) is 8.42 Å². The van der Waals surface area contributed by atoms with E-state index in [1.165, 1.54) is 30.3 Å². The van der Waals surface area contributed by atoms with Crippen LogP contribution in [0.3, 0.4) is 0 Å². The number of rotatable bonds is 4. The van der Waals surface area contributed by atoms with Gasteiger partial charge in [0.2, 0.25) is 10.0 Å². The third-order valence-corrected chi connectivity index (χ3v) is 6.77. The third kappa shape index (κ3) is 4.69. The quantitative estimate of drug-likeness (QED) is 0.633. The molecule has 2 aromatic rings. The van der Waals surface area contributed by atoms with E-state index in [1.54, 1.807) is 18.2 Å². The van der Waals surface area contributed by atoms with Gasteiger partial charge in [0, 0.05) is 11.6 Å². The fraction of sp³-hybridized carbons (Fsp3) is 0.263. The lowest BCUT2D eigenvalue weighted by atomic mass is 10.0. The van der Waals surface area contributed by atoms with Crippen molar-refractivity contribution >= 4 is 33.4 Å². The maximum atomic E-state index is 13.0. The Kier molecular flexibility index (Phi) is 6.41. The summed E-state index contributed by atoms with van der Waals surface area (Å²) in [5.74, 6) is -1.72. The minimum atomic E-state index is -3.86. The molecule has 10 heteroatoms. The first-order valence-electron chi connectivity index (χ1n) is 8.96.